The lowest BCUT2D eigenvalue weighted by Crippen LogP contribution is -2.40. The number of benzene rings is 6. The Morgan fingerprint density at radius 1 is 0.731 bits per heavy atom. The second-order valence-electron chi connectivity index (χ2n) is 17.3. The predicted molar refractivity (Wildman–Crippen MR) is 287 cm³/mol. The number of nitrogens with zero attached hydrogens (tertiary/aromatic N) is 5. The van der Waals surface area contributed by atoms with E-state index in [2.05, 4.69) is 20.0 Å². The lowest BCUT2D eigenvalue weighted by atomic mass is 9.95. The number of anilines is 3. The zero-order valence-electron chi connectivity index (χ0n) is 40.6. The Morgan fingerprint density at radius 3 is 1.64 bits per heavy atom. The predicted octanol–water partition coefficient (Wildman–Crippen LogP) is 10.4. The molecule has 3 unspecified atom stereocenters. The molecule has 3 heterocycles. The molecule has 5 N–H and O–H groups in total. The number of rotatable bonds is 16. The second kappa shape index (κ2) is 24.9. The number of halogens is 6. The summed E-state index contributed by atoms with van der Waals surface area (Å²) in [5, 5.41) is 44.9. The standard InChI is InChI=1S/C16H16ClN3O5S.C15H11ClF3N3O5S.C15H16ClN3O4S/c1-2-15(21)19-26(24,25)10-3-4-11-12(5-10)14(20(22)23)6-13-16(11)9(7-17)8-18-13;16-5-7-6-21(14(23)15(17,18)19)12-4-11(22(24)25)10-3-8(28-27-26-20)1-2-9(10)13(7)12;1-18(2)22-23-24-10-3-4-11-12(5-10)14(19(20)21)6-13-15(11)9(7-16)8-17-13/h3-6,9,18H,2,7-8H2,1H3,(H,19,21);1-4,7H,5-6,20H2;3-6,9,17H,7-8H2,1-2H3. The minimum absolute atomic E-state index is 0.00351. The van der Waals surface area contributed by atoms with Crippen LogP contribution in [0.2, 0.25) is 0 Å². The van der Waals surface area contributed by atoms with Crippen LogP contribution < -0.4 is 26.2 Å². The first-order chi connectivity index (χ1) is 37.0. The second-order valence-corrected chi connectivity index (χ2v) is 21.5. The highest BCUT2D eigenvalue weighted by Crippen LogP contribution is 2.48. The molecule has 0 spiro atoms. The summed E-state index contributed by atoms with van der Waals surface area (Å²) < 4.78 is 75.1. The lowest BCUT2D eigenvalue weighted by Gasteiger charge is -2.19. The number of nitrogens with two attached hydrogens (primary N) is 1. The van der Waals surface area contributed by atoms with Gasteiger partial charge in [0.05, 0.1) is 65.6 Å². The molecule has 0 saturated carbocycles. The number of nitro benzene ring substituents is 3. The number of non-ortho nitro benzene ring substituents is 3. The molecule has 9 rings (SSSR count). The Morgan fingerprint density at radius 2 is 1.19 bits per heavy atom. The van der Waals surface area contributed by atoms with Gasteiger partial charge in [-0.05, 0) is 69.2 Å². The van der Waals surface area contributed by atoms with E-state index in [0.29, 0.717) is 79.0 Å². The number of amides is 2. The van der Waals surface area contributed by atoms with Crippen molar-refractivity contribution in [3.63, 3.8) is 0 Å². The van der Waals surface area contributed by atoms with Crippen LogP contribution in [-0.2, 0) is 38.3 Å². The van der Waals surface area contributed by atoms with Crippen molar-refractivity contribution in [2.75, 3.05) is 66.9 Å². The third-order valence-corrected chi connectivity index (χ3v) is 16.0. The van der Waals surface area contributed by atoms with Crippen molar-refractivity contribution in [1.29, 1.82) is 0 Å². The number of nitro groups is 3. The van der Waals surface area contributed by atoms with Crippen LogP contribution in [-0.4, -0.2) is 97.6 Å². The van der Waals surface area contributed by atoms with E-state index >= 15 is 0 Å². The SMILES string of the molecule is CCC(=O)NS(=O)(=O)c1ccc2c3c(cc([N+](=O)[O-])c2c1)NCC3CCl.CN(C)OOSc1ccc2c3c(cc([N+](=O)[O-])c2c1)NCC3CCl.NOOSc1ccc2c3c(cc([N+](=O)[O-])c2c1)N(C(=O)C(F)(F)F)CC3CCl. The van der Waals surface area contributed by atoms with Crippen LogP contribution in [0, 0.1) is 30.3 Å². The van der Waals surface area contributed by atoms with E-state index in [0.717, 1.165) is 40.3 Å². The molecular formula is C46H43Cl3F3N9O14S3. The highest BCUT2D eigenvalue weighted by molar-refractivity contribution is 7.94. The summed E-state index contributed by atoms with van der Waals surface area (Å²) in [6.07, 6.45) is -5.12. The zero-order chi connectivity index (χ0) is 57.0. The number of carbonyl (C=O) groups excluding carboxylic acids is 2. The number of sulfonamides is 1. The number of fused-ring (bicyclic) bond motifs is 9. The summed E-state index contributed by atoms with van der Waals surface area (Å²) in [6, 6.07) is 17.9. The zero-order valence-corrected chi connectivity index (χ0v) is 45.3. The first-order valence-electron chi connectivity index (χ1n) is 22.7. The van der Waals surface area contributed by atoms with Crippen molar-refractivity contribution in [2.45, 2.75) is 52.0 Å². The molecule has 6 aromatic rings. The first kappa shape index (κ1) is 59.6. The monoisotopic (exact) mass is 1200 g/mol. The van der Waals surface area contributed by atoms with E-state index in [-0.39, 0.29) is 68.3 Å². The molecule has 3 aliphatic heterocycles. The van der Waals surface area contributed by atoms with Crippen molar-refractivity contribution in [1.82, 2.24) is 9.79 Å². The maximum atomic E-state index is 13.0. The van der Waals surface area contributed by atoms with Crippen LogP contribution in [0.1, 0.15) is 47.8 Å². The quantitative estimate of drug-likeness (QED) is 0.0230. The molecule has 0 radical (unpaired) electrons. The number of nitrogens with one attached hydrogen (secondary N) is 3. The molecule has 3 atom stereocenters. The minimum Gasteiger partial charge on any atom is -0.384 e. The highest BCUT2D eigenvalue weighted by Gasteiger charge is 2.47. The molecule has 416 valence electrons. The van der Waals surface area contributed by atoms with Gasteiger partial charge in [0.25, 0.3) is 27.1 Å². The number of alkyl halides is 6. The maximum absolute atomic E-state index is 13.0. The molecular weight excluding hydrogens is 1160 g/mol. The molecule has 23 nitrogen and oxygen atoms in total. The van der Waals surface area contributed by atoms with Gasteiger partial charge in [0, 0.05) is 115 Å². The van der Waals surface area contributed by atoms with E-state index in [1.807, 2.05) is 16.9 Å². The van der Waals surface area contributed by atoms with Gasteiger partial charge in [-0.25, -0.2) is 13.1 Å². The average Bonchev–Trinajstić information content (AvgIpc) is 4.34. The lowest BCUT2D eigenvalue weighted by molar-refractivity contribution is -0.383. The summed E-state index contributed by atoms with van der Waals surface area (Å²) in [4.78, 5) is 66.4. The van der Waals surface area contributed by atoms with Crippen LogP contribution >= 0.6 is 58.9 Å². The molecule has 0 bridgehead atoms. The van der Waals surface area contributed by atoms with E-state index in [9.17, 15) is 61.5 Å². The van der Waals surface area contributed by atoms with E-state index in [1.165, 1.54) is 54.5 Å². The number of hydrogen-bond acceptors (Lipinski definition) is 20. The van der Waals surface area contributed by atoms with Crippen molar-refractivity contribution in [3.05, 3.63) is 120 Å². The van der Waals surface area contributed by atoms with Gasteiger partial charge in [-0.1, -0.05) is 25.1 Å². The van der Waals surface area contributed by atoms with Gasteiger partial charge in [0.2, 0.25) is 5.91 Å². The Hall–Kier alpha value is -6.09. The Bertz CT molecular complexity index is 3480. The first-order valence-corrected chi connectivity index (χ1v) is 27.3. The highest BCUT2D eigenvalue weighted by atomic mass is 35.5. The van der Waals surface area contributed by atoms with Crippen LogP contribution in [0.4, 0.5) is 47.3 Å². The van der Waals surface area contributed by atoms with E-state index in [4.69, 9.17) is 50.0 Å². The normalized spacial score (nSPS) is 16.3. The van der Waals surface area contributed by atoms with Crippen molar-refractivity contribution >= 4 is 147 Å². The number of carbonyl (C=O) groups is 2. The summed E-state index contributed by atoms with van der Waals surface area (Å²) in [5.74, 6) is 2.22. The molecule has 32 heteroatoms. The maximum Gasteiger partial charge on any atom is 0.471 e. The number of hydrogen-bond donors (Lipinski definition) is 4. The van der Waals surface area contributed by atoms with Gasteiger partial charge in [-0.2, -0.15) is 24.1 Å². The fraction of sp³-hybridized carbons (Fsp3) is 0.304. The average molecular weight is 1210 g/mol. The van der Waals surface area contributed by atoms with Crippen LogP contribution in [0.3, 0.4) is 0 Å². The van der Waals surface area contributed by atoms with E-state index in [1.54, 1.807) is 26.2 Å². The van der Waals surface area contributed by atoms with Crippen molar-refractivity contribution in [2.24, 2.45) is 5.90 Å². The molecule has 0 aliphatic carbocycles. The molecule has 0 saturated heterocycles. The minimum atomic E-state index is -5.12. The summed E-state index contributed by atoms with van der Waals surface area (Å²) in [7, 11) is -0.725. The molecule has 6 aromatic carbocycles. The smallest absolute Gasteiger partial charge is 0.384 e. The molecule has 0 aromatic heterocycles. The number of hydroxylamine groups is 2. The topological polar surface area (TPSA) is 303 Å². The largest absolute Gasteiger partial charge is 0.471 e. The third-order valence-electron chi connectivity index (χ3n) is 12.4. The summed E-state index contributed by atoms with van der Waals surface area (Å²) in [5.41, 5.74) is 2.85. The van der Waals surface area contributed by atoms with Gasteiger partial charge >= 0.3 is 12.1 Å². The Balaban J connectivity index is 0.000000170. The molecule has 0 fully saturated rings. The van der Waals surface area contributed by atoms with Gasteiger partial charge in [0.1, 0.15) is 0 Å². The summed E-state index contributed by atoms with van der Waals surface area (Å²) in [6.45, 7) is 2.44. The van der Waals surface area contributed by atoms with Crippen LogP contribution in [0.15, 0.2) is 87.5 Å². The molecule has 3 aliphatic rings. The van der Waals surface area contributed by atoms with Gasteiger partial charge < -0.3 is 15.5 Å². The Labute approximate surface area is 463 Å². The van der Waals surface area contributed by atoms with Crippen molar-refractivity contribution < 1.29 is 64.6 Å². The fourth-order valence-electron chi connectivity index (χ4n) is 9.03. The molecule has 78 heavy (non-hydrogen) atoms. The van der Waals surface area contributed by atoms with Crippen LogP contribution in [0.25, 0.3) is 32.3 Å². The Kier molecular flexibility index (Phi) is 19.0. The third kappa shape index (κ3) is 12.7. The van der Waals surface area contributed by atoms with Gasteiger partial charge in [0.15, 0.2) is 0 Å². The van der Waals surface area contributed by atoms with Gasteiger partial charge in [-0.15, -0.1) is 53.4 Å². The summed E-state index contributed by atoms with van der Waals surface area (Å²) >= 11 is 19.7. The van der Waals surface area contributed by atoms with Crippen LogP contribution in [0.5, 0.6) is 0 Å². The van der Waals surface area contributed by atoms with Gasteiger partial charge in [-0.3, -0.25) is 39.9 Å². The van der Waals surface area contributed by atoms with E-state index < -0.39 is 49.5 Å². The molecule has 2 amide bonds. The fourth-order valence-corrected chi connectivity index (χ4v) is 11.8. The van der Waals surface area contributed by atoms with Crippen molar-refractivity contribution in [3.8, 4) is 0 Å².